The highest BCUT2D eigenvalue weighted by molar-refractivity contribution is 5.91. The molecule has 54 valence electrons. The average Bonchev–Trinajstić information content (AvgIpc) is 2.35. The minimum atomic E-state index is -0.920. The van der Waals surface area contributed by atoms with Gasteiger partial charge in [-0.3, -0.25) is 4.79 Å². The summed E-state index contributed by atoms with van der Waals surface area (Å²) in [7, 11) is 0. The number of aliphatic hydroxyl groups is 1. The fraction of sp³-hybridized carbons (Fsp3) is 0.571. The SMILES string of the molecule is O=C1C=C[C@@]2(O)CCCN12. The van der Waals surface area contributed by atoms with Crippen LogP contribution >= 0.6 is 0 Å². The highest BCUT2D eigenvalue weighted by Crippen LogP contribution is 2.31. The molecule has 0 radical (unpaired) electrons. The summed E-state index contributed by atoms with van der Waals surface area (Å²) in [6.07, 6.45) is 4.63. The van der Waals surface area contributed by atoms with E-state index in [1.807, 2.05) is 0 Å². The quantitative estimate of drug-likeness (QED) is 0.507. The summed E-state index contributed by atoms with van der Waals surface area (Å²) in [4.78, 5) is 12.4. The minimum Gasteiger partial charge on any atom is -0.367 e. The lowest BCUT2D eigenvalue weighted by Crippen LogP contribution is -2.40. The largest absolute Gasteiger partial charge is 0.367 e. The van der Waals surface area contributed by atoms with Crippen molar-refractivity contribution in [1.82, 2.24) is 4.90 Å². The summed E-state index contributed by atoms with van der Waals surface area (Å²) in [5, 5.41) is 9.62. The lowest BCUT2D eigenvalue weighted by Gasteiger charge is -2.24. The van der Waals surface area contributed by atoms with E-state index < -0.39 is 5.72 Å². The van der Waals surface area contributed by atoms with E-state index in [0.29, 0.717) is 13.0 Å². The lowest BCUT2D eigenvalue weighted by atomic mass is 10.2. The predicted molar refractivity (Wildman–Crippen MR) is 35.0 cm³/mol. The third-order valence-electron chi connectivity index (χ3n) is 2.15. The van der Waals surface area contributed by atoms with Crippen LogP contribution in [0.2, 0.25) is 0 Å². The maximum Gasteiger partial charge on any atom is 0.248 e. The summed E-state index contributed by atoms with van der Waals surface area (Å²) in [6.45, 7) is 0.697. The summed E-state index contributed by atoms with van der Waals surface area (Å²) >= 11 is 0. The van der Waals surface area contributed by atoms with Gasteiger partial charge in [-0.15, -0.1) is 0 Å². The van der Waals surface area contributed by atoms with Gasteiger partial charge in [-0.1, -0.05) is 0 Å². The summed E-state index contributed by atoms with van der Waals surface area (Å²) in [6, 6.07) is 0. The van der Waals surface area contributed by atoms with E-state index in [9.17, 15) is 9.90 Å². The average molecular weight is 139 g/mol. The second-order valence-electron chi connectivity index (χ2n) is 2.81. The molecule has 1 atom stereocenters. The molecule has 0 aromatic rings. The lowest BCUT2D eigenvalue weighted by molar-refractivity contribution is -0.135. The topological polar surface area (TPSA) is 40.5 Å². The van der Waals surface area contributed by atoms with Crippen LogP contribution in [0, 0.1) is 0 Å². The fourth-order valence-corrected chi connectivity index (χ4v) is 1.59. The molecule has 3 nitrogen and oxygen atoms in total. The van der Waals surface area contributed by atoms with Gasteiger partial charge in [-0.25, -0.2) is 0 Å². The molecular weight excluding hydrogens is 130 g/mol. The van der Waals surface area contributed by atoms with Crippen molar-refractivity contribution < 1.29 is 9.90 Å². The summed E-state index contributed by atoms with van der Waals surface area (Å²) < 4.78 is 0. The van der Waals surface area contributed by atoms with Crippen LogP contribution in [0.1, 0.15) is 12.8 Å². The van der Waals surface area contributed by atoms with E-state index in [0.717, 1.165) is 6.42 Å². The normalized spacial score (nSPS) is 37.3. The van der Waals surface area contributed by atoms with Crippen LogP contribution in [0.3, 0.4) is 0 Å². The van der Waals surface area contributed by atoms with Gasteiger partial charge in [0.15, 0.2) is 5.72 Å². The molecule has 10 heavy (non-hydrogen) atoms. The van der Waals surface area contributed by atoms with Crippen LogP contribution in [-0.2, 0) is 4.79 Å². The van der Waals surface area contributed by atoms with E-state index in [-0.39, 0.29) is 5.91 Å². The van der Waals surface area contributed by atoms with Crippen LogP contribution in [0.25, 0.3) is 0 Å². The molecule has 0 saturated carbocycles. The molecule has 0 spiro atoms. The molecule has 2 aliphatic heterocycles. The number of carbonyl (C=O) groups is 1. The Hall–Kier alpha value is -0.830. The van der Waals surface area contributed by atoms with Crippen molar-refractivity contribution in [2.24, 2.45) is 0 Å². The van der Waals surface area contributed by atoms with E-state index >= 15 is 0 Å². The number of rotatable bonds is 0. The first-order valence-electron chi connectivity index (χ1n) is 3.46. The van der Waals surface area contributed by atoms with E-state index in [1.54, 1.807) is 6.08 Å². The van der Waals surface area contributed by atoms with Crippen molar-refractivity contribution in [3.8, 4) is 0 Å². The molecule has 1 amide bonds. The Bertz CT molecular complexity index is 212. The molecule has 3 heteroatoms. The van der Waals surface area contributed by atoms with Gasteiger partial charge in [0, 0.05) is 19.0 Å². The van der Waals surface area contributed by atoms with E-state index in [1.165, 1.54) is 11.0 Å². The first kappa shape index (κ1) is 5.92. The van der Waals surface area contributed by atoms with Gasteiger partial charge >= 0.3 is 0 Å². The van der Waals surface area contributed by atoms with Crippen molar-refractivity contribution in [1.29, 1.82) is 0 Å². The van der Waals surface area contributed by atoms with Crippen molar-refractivity contribution in [2.45, 2.75) is 18.6 Å². The van der Waals surface area contributed by atoms with Crippen LogP contribution in [0.4, 0.5) is 0 Å². The van der Waals surface area contributed by atoms with Gasteiger partial charge < -0.3 is 10.0 Å². The molecule has 0 aromatic heterocycles. The van der Waals surface area contributed by atoms with Gasteiger partial charge in [0.25, 0.3) is 0 Å². The second kappa shape index (κ2) is 1.61. The third-order valence-corrected chi connectivity index (χ3v) is 2.15. The van der Waals surface area contributed by atoms with Gasteiger partial charge in [0.05, 0.1) is 0 Å². The molecule has 0 aromatic carbocycles. The Morgan fingerprint density at radius 2 is 2.50 bits per heavy atom. The highest BCUT2D eigenvalue weighted by Gasteiger charge is 2.42. The van der Waals surface area contributed by atoms with Gasteiger partial charge in [-0.2, -0.15) is 0 Å². The summed E-state index contributed by atoms with van der Waals surface area (Å²) in [5.74, 6) is -0.0556. The second-order valence-corrected chi connectivity index (χ2v) is 2.81. The molecule has 2 heterocycles. The predicted octanol–water partition coefficient (Wildman–Crippen LogP) is -0.133. The van der Waals surface area contributed by atoms with Gasteiger partial charge in [0.1, 0.15) is 0 Å². The molecular formula is C7H9NO2. The number of hydrogen-bond acceptors (Lipinski definition) is 2. The standard InChI is InChI=1S/C7H9NO2/c9-6-2-4-7(10)3-1-5-8(6)7/h2,4,10H,1,3,5H2/t7-/m0/s1. The molecule has 1 fully saturated rings. The van der Waals surface area contributed by atoms with Crippen molar-refractivity contribution >= 4 is 5.91 Å². The Balaban J connectivity index is 2.35. The molecule has 0 aliphatic carbocycles. The molecule has 2 rings (SSSR count). The highest BCUT2D eigenvalue weighted by atomic mass is 16.3. The number of fused-ring (bicyclic) bond motifs is 1. The van der Waals surface area contributed by atoms with Crippen LogP contribution in [0.15, 0.2) is 12.2 Å². The fourth-order valence-electron chi connectivity index (χ4n) is 1.59. The minimum absolute atomic E-state index is 0.0556. The molecule has 0 bridgehead atoms. The van der Waals surface area contributed by atoms with E-state index in [2.05, 4.69) is 0 Å². The molecule has 1 N–H and O–H groups in total. The Kier molecular flexibility index (Phi) is 0.951. The first-order chi connectivity index (χ1) is 4.72. The number of nitrogens with zero attached hydrogens (tertiary/aromatic N) is 1. The van der Waals surface area contributed by atoms with Crippen molar-refractivity contribution in [2.75, 3.05) is 6.54 Å². The Morgan fingerprint density at radius 3 is 3.20 bits per heavy atom. The number of hydrogen-bond donors (Lipinski definition) is 1. The van der Waals surface area contributed by atoms with Crippen LogP contribution < -0.4 is 0 Å². The third kappa shape index (κ3) is 0.555. The first-order valence-corrected chi connectivity index (χ1v) is 3.46. The Labute approximate surface area is 58.9 Å². The summed E-state index contributed by atoms with van der Waals surface area (Å²) in [5.41, 5.74) is -0.920. The molecule has 0 unspecified atom stereocenters. The Morgan fingerprint density at radius 1 is 1.70 bits per heavy atom. The number of carbonyl (C=O) groups excluding carboxylic acids is 1. The molecule has 1 saturated heterocycles. The van der Waals surface area contributed by atoms with Gasteiger partial charge in [0.2, 0.25) is 5.91 Å². The zero-order valence-corrected chi connectivity index (χ0v) is 5.58. The maximum atomic E-state index is 10.9. The number of amides is 1. The van der Waals surface area contributed by atoms with Crippen LogP contribution in [-0.4, -0.2) is 28.2 Å². The van der Waals surface area contributed by atoms with Crippen LogP contribution in [0.5, 0.6) is 0 Å². The van der Waals surface area contributed by atoms with Crippen molar-refractivity contribution in [3.05, 3.63) is 12.2 Å². The smallest absolute Gasteiger partial charge is 0.248 e. The monoisotopic (exact) mass is 139 g/mol. The molecule has 2 aliphatic rings. The zero-order chi connectivity index (χ0) is 7.19. The maximum absolute atomic E-state index is 10.9. The zero-order valence-electron chi connectivity index (χ0n) is 5.58. The van der Waals surface area contributed by atoms with E-state index in [4.69, 9.17) is 0 Å². The van der Waals surface area contributed by atoms with Crippen molar-refractivity contribution in [3.63, 3.8) is 0 Å². The van der Waals surface area contributed by atoms with Gasteiger partial charge in [-0.05, 0) is 12.5 Å².